The Hall–Kier alpha value is -1.67. The van der Waals surface area contributed by atoms with Gasteiger partial charge in [0.15, 0.2) is 0 Å². The standard InChI is InChI=1S/C16H24N2O5S/c1-16(2,3)23-15(20)12-17-11-13(7-8-14(17)19)24(21,22)18-9-5-4-6-10-18/h7-8,11H,4-6,9-10,12H2,1-3H3. The molecule has 0 unspecified atom stereocenters. The summed E-state index contributed by atoms with van der Waals surface area (Å²) in [6.45, 7) is 5.82. The monoisotopic (exact) mass is 356 g/mol. The van der Waals surface area contributed by atoms with Crippen molar-refractivity contribution in [3.8, 4) is 0 Å². The van der Waals surface area contributed by atoms with Crippen LogP contribution in [-0.4, -0.2) is 41.9 Å². The number of carbonyl (C=O) groups is 1. The number of hydrogen-bond acceptors (Lipinski definition) is 5. The normalized spacial score (nSPS) is 16.8. The number of rotatable bonds is 4. The summed E-state index contributed by atoms with van der Waals surface area (Å²) in [6, 6.07) is 2.46. The van der Waals surface area contributed by atoms with Gasteiger partial charge in [-0.25, -0.2) is 8.42 Å². The number of esters is 1. The predicted octanol–water partition coefficient (Wildman–Crippen LogP) is 1.36. The van der Waals surface area contributed by atoms with Crippen molar-refractivity contribution in [2.45, 2.75) is 57.1 Å². The molecular weight excluding hydrogens is 332 g/mol. The summed E-state index contributed by atoms with van der Waals surface area (Å²) in [5, 5.41) is 0. The van der Waals surface area contributed by atoms with Crippen molar-refractivity contribution in [2.75, 3.05) is 13.1 Å². The number of hydrogen-bond donors (Lipinski definition) is 0. The molecule has 2 heterocycles. The molecule has 0 saturated carbocycles. The fourth-order valence-electron chi connectivity index (χ4n) is 2.55. The molecular formula is C16H24N2O5S. The molecule has 1 fully saturated rings. The van der Waals surface area contributed by atoms with E-state index in [1.165, 1.54) is 22.6 Å². The Labute approximate surface area is 142 Å². The molecule has 0 atom stereocenters. The molecule has 0 amide bonds. The highest BCUT2D eigenvalue weighted by molar-refractivity contribution is 7.89. The topological polar surface area (TPSA) is 85.7 Å². The van der Waals surface area contributed by atoms with Gasteiger partial charge in [-0.3, -0.25) is 9.59 Å². The van der Waals surface area contributed by atoms with E-state index in [1.807, 2.05) is 0 Å². The molecule has 24 heavy (non-hydrogen) atoms. The van der Waals surface area contributed by atoms with Crippen molar-refractivity contribution in [2.24, 2.45) is 0 Å². The van der Waals surface area contributed by atoms with Gasteiger partial charge in [0, 0.05) is 25.4 Å². The van der Waals surface area contributed by atoms with Gasteiger partial charge in [-0.05, 0) is 39.7 Å². The summed E-state index contributed by atoms with van der Waals surface area (Å²) < 4.78 is 33.0. The average molecular weight is 356 g/mol. The fraction of sp³-hybridized carbons (Fsp3) is 0.625. The highest BCUT2D eigenvalue weighted by Gasteiger charge is 2.27. The third-order valence-electron chi connectivity index (χ3n) is 3.63. The minimum Gasteiger partial charge on any atom is -0.459 e. The fourth-order valence-corrected chi connectivity index (χ4v) is 4.09. The van der Waals surface area contributed by atoms with Crippen molar-refractivity contribution in [1.82, 2.24) is 8.87 Å². The summed E-state index contributed by atoms with van der Waals surface area (Å²) in [5.74, 6) is -0.586. The number of ether oxygens (including phenoxy) is 1. The van der Waals surface area contributed by atoms with Gasteiger partial charge in [0.2, 0.25) is 10.0 Å². The van der Waals surface area contributed by atoms with E-state index in [0.29, 0.717) is 13.1 Å². The van der Waals surface area contributed by atoms with E-state index in [1.54, 1.807) is 20.8 Å². The number of piperidine rings is 1. The Morgan fingerprint density at radius 3 is 2.38 bits per heavy atom. The van der Waals surface area contributed by atoms with Crippen molar-refractivity contribution < 1.29 is 17.9 Å². The molecule has 0 spiro atoms. The lowest BCUT2D eigenvalue weighted by molar-refractivity contribution is -0.155. The third kappa shape index (κ3) is 4.67. The molecule has 8 heteroatoms. The molecule has 1 aromatic rings. The molecule has 0 radical (unpaired) electrons. The SMILES string of the molecule is CC(C)(C)OC(=O)Cn1cc(S(=O)(=O)N2CCCCC2)ccc1=O. The highest BCUT2D eigenvalue weighted by atomic mass is 32.2. The maximum atomic E-state index is 12.7. The van der Waals surface area contributed by atoms with Crippen LogP contribution in [0.25, 0.3) is 0 Å². The van der Waals surface area contributed by atoms with E-state index < -0.39 is 27.2 Å². The van der Waals surface area contributed by atoms with Crippen LogP contribution in [0, 0.1) is 0 Å². The Balaban J connectivity index is 2.25. The minimum atomic E-state index is -3.65. The van der Waals surface area contributed by atoms with Gasteiger partial charge < -0.3 is 9.30 Å². The molecule has 0 aromatic carbocycles. The van der Waals surface area contributed by atoms with Gasteiger partial charge in [-0.2, -0.15) is 4.31 Å². The van der Waals surface area contributed by atoms with E-state index in [2.05, 4.69) is 0 Å². The van der Waals surface area contributed by atoms with Crippen LogP contribution in [0.15, 0.2) is 28.0 Å². The minimum absolute atomic E-state index is 0.0209. The van der Waals surface area contributed by atoms with Crippen LogP contribution in [0.2, 0.25) is 0 Å². The Morgan fingerprint density at radius 2 is 1.79 bits per heavy atom. The van der Waals surface area contributed by atoms with Crippen molar-refractivity contribution >= 4 is 16.0 Å². The van der Waals surface area contributed by atoms with E-state index in [-0.39, 0.29) is 11.4 Å². The highest BCUT2D eigenvalue weighted by Crippen LogP contribution is 2.19. The number of aromatic nitrogens is 1. The van der Waals surface area contributed by atoms with Crippen LogP contribution >= 0.6 is 0 Å². The third-order valence-corrected chi connectivity index (χ3v) is 5.51. The molecule has 134 valence electrons. The maximum absolute atomic E-state index is 12.7. The van der Waals surface area contributed by atoms with Crippen LogP contribution in [0.4, 0.5) is 0 Å². The molecule has 1 aliphatic heterocycles. The summed E-state index contributed by atoms with van der Waals surface area (Å²) in [6.07, 6.45) is 3.90. The van der Waals surface area contributed by atoms with Crippen molar-refractivity contribution in [3.05, 3.63) is 28.7 Å². The van der Waals surface area contributed by atoms with Gasteiger partial charge in [-0.15, -0.1) is 0 Å². The Morgan fingerprint density at radius 1 is 1.17 bits per heavy atom. The first-order chi connectivity index (χ1) is 11.1. The first-order valence-electron chi connectivity index (χ1n) is 8.02. The quantitative estimate of drug-likeness (QED) is 0.761. The van der Waals surface area contributed by atoms with Gasteiger partial charge in [0.25, 0.3) is 5.56 Å². The summed E-state index contributed by atoms with van der Waals surface area (Å²) >= 11 is 0. The van der Waals surface area contributed by atoms with Gasteiger partial charge in [0.05, 0.1) is 4.90 Å². The lowest BCUT2D eigenvalue weighted by Crippen LogP contribution is -2.36. The molecule has 0 N–H and O–H groups in total. The second-order valence-corrected chi connectivity index (χ2v) is 8.82. The van der Waals surface area contributed by atoms with E-state index >= 15 is 0 Å². The lowest BCUT2D eigenvalue weighted by Gasteiger charge is -2.26. The van der Waals surface area contributed by atoms with Crippen LogP contribution in [0.5, 0.6) is 0 Å². The maximum Gasteiger partial charge on any atom is 0.326 e. The zero-order valence-electron chi connectivity index (χ0n) is 14.3. The first kappa shape index (κ1) is 18.7. The van der Waals surface area contributed by atoms with Gasteiger partial charge in [0.1, 0.15) is 12.1 Å². The first-order valence-corrected chi connectivity index (χ1v) is 9.46. The van der Waals surface area contributed by atoms with Crippen molar-refractivity contribution in [3.63, 3.8) is 0 Å². The summed E-state index contributed by atoms with van der Waals surface area (Å²) in [7, 11) is -3.65. The number of carbonyl (C=O) groups excluding carboxylic acids is 1. The van der Waals surface area contributed by atoms with E-state index in [0.717, 1.165) is 23.8 Å². The molecule has 1 aromatic heterocycles. The largest absolute Gasteiger partial charge is 0.459 e. The van der Waals surface area contributed by atoms with Crippen LogP contribution < -0.4 is 5.56 Å². The average Bonchev–Trinajstić information content (AvgIpc) is 2.48. The molecule has 2 rings (SSSR count). The zero-order valence-corrected chi connectivity index (χ0v) is 15.1. The predicted molar refractivity (Wildman–Crippen MR) is 89.2 cm³/mol. The number of sulfonamides is 1. The lowest BCUT2D eigenvalue weighted by atomic mass is 10.2. The number of pyridine rings is 1. The second-order valence-electron chi connectivity index (χ2n) is 6.88. The van der Waals surface area contributed by atoms with E-state index in [4.69, 9.17) is 4.74 Å². The van der Waals surface area contributed by atoms with Crippen molar-refractivity contribution in [1.29, 1.82) is 0 Å². The molecule has 0 aliphatic carbocycles. The summed E-state index contributed by atoms with van der Waals surface area (Å²) in [5.41, 5.74) is -1.11. The van der Waals surface area contributed by atoms with Gasteiger partial charge in [-0.1, -0.05) is 6.42 Å². The molecule has 0 bridgehead atoms. The summed E-state index contributed by atoms with van der Waals surface area (Å²) in [4.78, 5) is 23.8. The Bertz CT molecular complexity index is 755. The zero-order chi connectivity index (χ0) is 18.0. The molecule has 1 aliphatic rings. The molecule has 1 saturated heterocycles. The smallest absolute Gasteiger partial charge is 0.326 e. The Kier molecular flexibility index (Phi) is 5.49. The van der Waals surface area contributed by atoms with Crippen LogP contribution in [0.1, 0.15) is 40.0 Å². The molecule has 7 nitrogen and oxygen atoms in total. The number of nitrogens with zero attached hydrogens (tertiary/aromatic N) is 2. The van der Waals surface area contributed by atoms with Crippen LogP contribution in [0.3, 0.4) is 0 Å². The van der Waals surface area contributed by atoms with Crippen LogP contribution in [-0.2, 0) is 26.1 Å². The van der Waals surface area contributed by atoms with Gasteiger partial charge >= 0.3 is 5.97 Å². The van der Waals surface area contributed by atoms with E-state index in [9.17, 15) is 18.0 Å². The second kappa shape index (κ2) is 7.06.